The molecule has 0 spiro atoms. The molecule has 0 aromatic carbocycles. The molecule has 0 radical (unpaired) electrons. The van der Waals surface area contributed by atoms with Gasteiger partial charge in [-0.15, -0.1) is 0 Å². The largest absolute Gasteiger partial charge is 0.393 e. The third-order valence-electron chi connectivity index (χ3n) is 4.12. The molecule has 0 aliphatic heterocycles. The van der Waals surface area contributed by atoms with Gasteiger partial charge in [-0.1, -0.05) is 19.8 Å². The van der Waals surface area contributed by atoms with E-state index in [1.165, 1.54) is 32.2 Å². The van der Waals surface area contributed by atoms with Crippen LogP contribution in [0.25, 0.3) is 0 Å². The molecule has 2 N–H and O–H groups in total. The summed E-state index contributed by atoms with van der Waals surface area (Å²) in [4.78, 5) is 0. The zero-order valence-electron chi connectivity index (χ0n) is 9.91. The maximum absolute atomic E-state index is 9.17. The Kier molecular flexibility index (Phi) is 4.04. The van der Waals surface area contributed by atoms with Crippen LogP contribution < -0.4 is 5.32 Å². The van der Waals surface area contributed by atoms with Crippen molar-refractivity contribution in [1.29, 1.82) is 0 Å². The molecule has 0 bridgehead atoms. The van der Waals surface area contributed by atoms with E-state index in [1.807, 2.05) is 0 Å². The normalized spacial score (nSPS) is 41.2. The van der Waals surface area contributed by atoms with E-state index in [0.29, 0.717) is 0 Å². The van der Waals surface area contributed by atoms with Gasteiger partial charge in [-0.2, -0.15) is 0 Å². The molecule has 0 saturated heterocycles. The molecule has 2 rings (SSSR count). The predicted octanol–water partition coefficient (Wildman–Crippen LogP) is 2.17. The molecule has 0 heterocycles. The summed E-state index contributed by atoms with van der Waals surface area (Å²) >= 11 is 0. The Bertz CT molecular complexity index is 189. The number of rotatable bonds is 4. The van der Waals surface area contributed by atoms with Crippen molar-refractivity contribution in [1.82, 2.24) is 5.32 Å². The molecule has 88 valence electrons. The monoisotopic (exact) mass is 211 g/mol. The summed E-state index contributed by atoms with van der Waals surface area (Å²) in [6, 6.07) is 0. The van der Waals surface area contributed by atoms with Crippen LogP contribution in [0.1, 0.15) is 45.4 Å². The number of aliphatic hydroxyl groups is 1. The Morgan fingerprint density at radius 3 is 2.47 bits per heavy atom. The van der Waals surface area contributed by atoms with Crippen LogP contribution in [0.15, 0.2) is 0 Å². The van der Waals surface area contributed by atoms with E-state index in [4.69, 9.17) is 0 Å². The second-order valence-electron chi connectivity index (χ2n) is 5.79. The van der Waals surface area contributed by atoms with E-state index in [0.717, 1.165) is 37.1 Å². The van der Waals surface area contributed by atoms with Crippen molar-refractivity contribution in [2.75, 3.05) is 13.1 Å². The summed E-state index contributed by atoms with van der Waals surface area (Å²) in [7, 11) is 0. The van der Waals surface area contributed by atoms with Crippen molar-refractivity contribution in [2.45, 2.75) is 51.6 Å². The summed E-state index contributed by atoms with van der Waals surface area (Å²) in [5.41, 5.74) is 0. The van der Waals surface area contributed by atoms with Crippen LogP contribution in [-0.4, -0.2) is 24.3 Å². The Labute approximate surface area is 93.5 Å². The molecule has 2 atom stereocenters. The van der Waals surface area contributed by atoms with E-state index in [2.05, 4.69) is 12.2 Å². The SMILES string of the molecule is CC1CCCC(CNCC2CC(O)C2)C1. The molecule has 2 aliphatic carbocycles. The minimum Gasteiger partial charge on any atom is -0.393 e. The average Bonchev–Trinajstić information content (AvgIpc) is 2.15. The Balaban J connectivity index is 1.53. The van der Waals surface area contributed by atoms with Crippen LogP contribution in [0.2, 0.25) is 0 Å². The Hall–Kier alpha value is -0.0800. The first-order chi connectivity index (χ1) is 7.24. The smallest absolute Gasteiger partial charge is 0.0546 e. The lowest BCUT2D eigenvalue weighted by Gasteiger charge is -2.33. The van der Waals surface area contributed by atoms with Crippen molar-refractivity contribution < 1.29 is 5.11 Å². The molecule has 2 fully saturated rings. The molecule has 2 nitrogen and oxygen atoms in total. The van der Waals surface area contributed by atoms with Crippen molar-refractivity contribution in [3.63, 3.8) is 0 Å². The molecular weight excluding hydrogens is 186 g/mol. The average molecular weight is 211 g/mol. The van der Waals surface area contributed by atoms with Gasteiger partial charge < -0.3 is 10.4 Å². The number of nitrogens with one attached hydrogen (secondary N) is 1. The van der Waals surface area contributed by atoms with E-state index in [1.54, 1.807) is 0 Å². The topological polar surface area (TPSA) is 32.3 Å². The lowest BCUT2D eigenvalue weighted by atomic mass is 9.81. The first-order valence-corrected chi connectivity index (χ1v) is 6.63. The molecule has 15 heavy (non-hydrogen) atoms. The minimum atomic E-state index is 0.00602. The van der Waals surface area contributed by atoms with Crippen LogP contribution in [0.5, 0.6) is 0 Å². The Morgan fingerprint density at radius 2 is 1.80 bits per heavy atom. The maximum Gasteiger partial charge on any atom is 0.0546 e. The van der Waals surface area contributed by atoms with Crippen molar-refractivity contribution in [3.8, 4) is 0 Å². The summed E-state index contributed by atoms with van der Waals surface area (Å²) in [6.45, 7) is 4.72. The van der Waals surface area contributed by atoms with E-state index in [-0.39, 0.29) is 6.10 Å². The fourth-order valence-electron chi connectivity index (χ4n) is 3.10. The highest BCUT2D eigenvalue weighted by molar-refractivity contribution is 4.81. The van der Waals surface area contributed by atoms with Crippen molar-refractivity contribution in [2.24, 2.45) is 17.8 Å². The molecule has 2 aliphatic rings. The van der Waals surface area contributed by atoms with Gasteiger partial charge in [-0.05, 0) is 56.5 Å². The third kappa shape index (κ3) is 3.46. The quantitative estimate of drug-likeness (QED) is 0.747. The predicted molar refractivity (Wildman–Crippen MR) is 62.7 cm³/mol. The van der Waals surface area contributed by atoms with Crippen LogP contribution >= 0.6 is 0 Å². The second kappa shape index (κ2) is 5.31. The summed E-state index contributed by atoms with van der Waals surface area (Å²) in [5.74, 6) is 2.61. The van der Waals surface area contributed by atoms with Crippen LogP contribution in [-0.2, 0) is 0 Å². The summed E-state index contributed by atoms with van der Waals surface area (Å²) in [6.07, 6.45) is 7.75. The van der Waals surface area contributed by atoms with Crippen LogP contribution in [0, 0.1) is 17.8 Å². The number of aliphatic hydroxyl groups excluding tert-OH is 1. The van der Waals surface area contributed by atoms with Gasteiger partial charge in [0.15, 0.2) is 0 Å². The highest BCUT2D eigenvalue weighted by Gasteiger charge is 2.27. The van der Waals surface area contributed by atoms with Crippen molar-refractivity contribution in [3.05, 3.63) is 0 Å². The lowest BCUT2D eigenvalue weighted by molar-refractivity contribution is 0.0424. The highest BCUT2D eigenvalue weighted by Crippen LogP contribution is 2.29. The molecule has 2 saturated carbocycles. The van der Waals surface area contributed by atoms with Gasteiger partial charge in [-0.3, -0.25) is 0 Å². The maximum atomic E-state index is 9.17. The number of hydrogen-bond acceptors (Lipinski definition) is 2. The molecule has 0 aromatic rings. The first-order valence-electron chi connectivity index (χ1n) is 6.63. The van der Waals surface area contributed by atoms with Gasteiger partial charge >= 0.3 is 0 Å². The molecular formula is C13H25NO. The zero-order chi connectivity index (χ0) is 10.7. The van der Waals surface area contributed by atoms with E-state index < -0.39 is 0 Å². The molecule has 2 unspecified atom stereocenters. The highest BCUT2D eigenvalue weighted by atomic mass is 16.3. The second-order valence-corrected chi connectivity index (χ2v) is 5.79. The Morgan fingerprint density at radius 1 is 1.07 bits per heavy atom. The fraction of sp³-hybridized carbons (Fsp3) is 1.00. The zero-order valence-corrected chi connectivity index (χ0v) is 9.91. The minimum absolute atomic E-state index is 0.00602. The van der Waals surface area contributed by atoms with Crippen molar-refractivity contribution >= 4 is 0 Å². The van der Waals surface area contributed by atoms with E-state index in [9.17, 15) is 5.11 Å². The van der Waals surface area contributed by atoms with E-state index >= 15 is 0 Å². The lowest BCUT2D eigenvalue weighted by Crippen LogP contribution is -2.38. The first kappa shape index (κ1) is 11.4. The van der Waals surface area contributed by atoms with Gasteiger partial charge in [0.2, 0.25) is 0 Å². The van der Waals surface area contributed by atoms with Crippen LogP contribution in [0.4, 0.5) is 0 Å². The fourth-order valence-corrected chi connectivity index (χ4v) is 3.10. The third-order valence-corrected chi connectivity index (χ3v) is 4.12. The van der Waals surface area contributed by atoms with Gasteiger partial charge in [0.1, 0.15) is 0 Å². The molecule has 2 heteroatoms. The van der Waals surface area contributed by atoms with Gasteiger partial charge in [0.25, 0.3) is 0 Å². The van der Waals surface area contributed by atoms with Gasteiger partial charge in [0.05, 0.1) is 6.10 Å². The van der Waals surface area contributed by atoms with Crippen LogP contribution in [0.3, 0.4) is 0 Å². The summed E-state index contributed by atoms with van der Waals surface area (Å²) in [5, 5.41) is 12.8. The standard InChI is InChI=1S/C13H25NO/c1-10-3-2-4-11(5-10)8-14-9-12-6-13(15)7-12/h10-15H,2-9H2,1H3. The molecule has 0 aromatic heterocycles. The molecule has 0 amide bonds. The number of hydrogen-bond donors (Lipinski definition) is 2. The van der Waals surface area contributed by atoms with Gasteiger partial charge in [-0.25, -0.2) is 0 Å². The van der Waals surface area contributed by atoms with Gasteiger partial charge in [0, 0.05) is 0 Å². The summed E-state index contributed by atoms with van der Waals surface area (Å²) < 4.78 is 0.